The van der Waals surface area contributed by atoms with Crippen LogP contribution in [0, 0.1) is 0 Å². The van der Waals surface area contributed by atoms with Gasteiger partial charge in [0.1, 0.15) is 0 Å². The molecule has 1 aromatic carbocycles. The van der Waals surface area contributed by atoms with Crippen molar-refractivity contribution in [2.24, 2.45) is 0 Å². The number of aliphatic hydroxyl groups excluding tert-OH is 1. The highest BCUT2D eigenvalue weighted by molar-refractivity contribution is 5.22. The van der Waals surface area contributed by atoms with Gasteiger partial charge in [-0.05, 0) is 12.5 Å². The second-order valence-corrected chi connectivity index (χ2v) is 3.77. The van der Waals surface area contributed by atoms with Crippen LogP contribution in [0.5, 0.6) is 0 Å². The summed E-state index contributed by atoms with van der Waals surface area (Å²) in [4.78, 5) is 0. The van der Waals surface area contributed by atoms with Crippen LogP contribution in [0.3, 0.4) is 0 Å². The van der Waals surface area contributed by atoms with Gasteiger partial charge < -0.3 is 9.84 Å². The normalized spacial score (nSPS) is 33.5. The third kappa shape index (κ3) is 1.60. The maximum Gasteiger partial charge on any atom is 0.0930 e. The van der Waals surface area contributed by atoms with Crippen molar-refractivity contribution in [3.05, 3.63) is 35.9 Å². The number of benzene rings is 1. The summed E-state index contributed by atoms with van der Waals surface area (Å²) >= 11 is 0. The van der Waals surface area contributed by atoms with Crippen LogP contribution in [0.4, 0.5) is 0 Å². The van der Waals surface area contributed by atoms with E-state index in [0.717, 1.165) is 5.56 Å². The zero-order valence-electron chi connectivity index (χ0n) is 7.73. The van der Waals surface area contributed by atoms with Gasteiger partial charge in [-0.3, -0.25) is 0 Å². The van der Waals surface area contributed by atoms with E-state index in [1.807, 2.05) is 37.3 Å². The summed E-state index contributed by atoms with van der Waals surface area (Å²) in [5.41, 5.74) is 0.854. The first-order chi connectivity index (χ1) is 6.21. The summed E-state index contributed by atoms with van der Waals surface area (Å²) < 4.78 is 5.59. The highest BCUT2D eigenvalue weighted by atomic mass is 16.5. The average molecular weight is 178 g/mol. The molecule has 0 aromatic heterocycles. The van der Waals surface area contributed by atoms with Crippen LogP contribution in [-0.4, -0.2) is 17.8 Å². The lowest BCUT2D eigenvalue weighted by molar-refractivity contribution is 0.0126. The Bertz CT molecular complexity index is 283. The van der Waals surface area contributed by atoms with Crippen LogP contribution in [-0.2, 0) is 10.3 Å². The first-order valence-corrected chi connectivity index (χ1v) is 4.58. The second-order valence-electron chi connectivity index (χ2n) is 3.77. The standard InChI is InChI=1S/C11H14O2/c1-11(7-10(12)8-13-11)9-5-3-2-4-6-9/h2-6,10,12H,7-8H2,1H3/t10-,11-/m1/s1. The van der Waals surface area contributed by atoms with Crippen molar-refractivity contribution in [3.63, 3.8) is 0 Å². The average Bonchev–Trinajstić information content (AvgIpc) is 2.49. The van der Waals surface area contributed by atoms with Gasteiger partial charge in [0, 0.05) is 6.42 Å². The fourth-order valence-corrected chi connectivity index (χ4v) is 1.84. The Hall–Kier alpha value is -0.860. The quantitative estimate of drug-likeness (QED) is 0.709. The molecule has 0 bridgehead atoms. The highest BCUT2D eigenvalue weighted by Crippen LogP contribution is 2.35. The SMILES string of the molecule is C[C@]1(c2ccccc2)C[C@@H](O)CO1. The molecule has 1 fully saturated rings. The monoisotopic (exact) mass is 178 g/mol. The van der Waals surface area contributed by atoms with E-state index in [1.54, 1.807) is 0 Å². The molecule has 0 radical (unpaired) electrons. The minimum absolute atomic E-state index is 0.291. The minimum Gasteiger partial charge on any atom is -0.391 e. The van der Waals surface area contributed by atoms with Crippen molar-refractivity contribution in [1.29, 1.82) is 0 Å². The summed E-state index contributed by atoms with van der Waals surface area (Å²) in [6.45, 7) is 2.48. The maximum atomic E-state index is 9.40. The molecule has 2 heteroatoms. The second kappa shape index (κ2) is 3.13. The molecule has 1 aliphatic rings. The van der Waals surface area contributed by atoms with E-state index in [0.29, 0.717) is 13.0 Å². The summed E-state index contributed by atoms with van der Waals surface area (Å²) in [6, 6.07) is 10.1. The molecule has 1 N–H and O–H groups in total. The van der Waals surface area contributed by atoms with E-state index < -0.39 is 0 Å². The lowest BCUT2D eigenvalue weighted by atomic mass is 9.92. The molecular formula is C11H14O2. The Morgan fingerprint density at radius 2 is 2.08 bits per heavy atom. The number of hydrogen-bond acceptors (Lipinski definition) is 2. The molecule has 2 rings (SSSR count). The van der Waals surface area contributed by atoms with Crippen LogP contribution in [0.1, 0.15) is 18.9 Å². The Morgan fingerprint density at radius 1 is 1.38 bits per heavy atom. The molecule has 1 aromatic rings. The van der Waals surface area contributed by atoms with Crippen molar-refractivity contribution in [3.8, 4) is 0 Å². The van der Waals surface area contributed by atoms with Gasteiger partial charge in [0.15, 0.2) is 0 Å². The van der Waals surface area contributed by atoms with Crippen molar-refractivity contribution in [2.45, 2.75) is 25.0 Å². The minimum atomic E-state index is -0.315. The molecule has 1 saturated heterocycles. The van der Waals surface area contributed by atoms with E-state index in [9.17, 15) is 5.11 Å². The van der Waals surface area contributed by atoms with E-state index in [4.69, 9.17) is 4.74 Å². The molecule has 2 atom stereocenters. The van der Waals surface area contributed by atoms with Crippen LogP contribution >= 0.6 is 0 Å². The lowest BCUT2D eigenvalue weighted by Gasteiger charge is -2.23. The summed E-state index contributed by atoms with van der Waals surface area (Å²) in [7, 11) is 0. The highest BCUT2D eigenvalue weighted by Gasteiger charge is 2.36. The predicted molar refractivity (Wildman–Crippen MR) is 50.4 cm³/mol. The predicted octanol–water partition coefficient (Wildman–Crippen LogP) is 1.68. The molecule has 2 nitrogen and oxygen atoms in total. The molecule has 1 aliphatic heterocycles. The van der Waals surface area contributed by atoms with Crippen molar-refractivity contribution in [1.82, 2.24) is 0 Å². The van der Waals surface area contributed by atoms with Crippen molar-refractivity contribution >= 4 is 0 Å². The van der Waals surface area contributed by atoms with E-state index in [1.165, 1.54) is 0 Å². The first kappa shape index (κ1) is 8.73. The molecule has 13 heavy (non-hydrogen) atoms. The van der Waals surface area contributed by atoms with Gasteiger partial charge in [-0.15, -0.1) is 0 Å². The third-order valence-corrected chi connectivity index (χ3v) is 2.60. The van der Waals surface area contributed by atoms with Gasteiger partial charge in [-0.2, -0.15) is 0 Å². The zero-order valence-corrected chi connectivity index (χ0v) is 7.73. The zero-order chi connectivity index (χ0) is 9.31. The number of aliphatic hydroxyl groups is 1. The number of hydrogen-bond donors (Lipinski definition) is 1. The van der Waals surface area contributed by atoms with Crippen LogP contribution in [0.2, 0.25) is 0 Å². The van der Waals surface area contributed by atoms with Crippen LogP contribution < -0.4 is 0 Å². The van der Waals surface area contributed by atoms with Crippen molar-refractivity contribution in [2.75, 3.05) is 6.61 Å². The molecular weight excluding hydrogens is 164 g/mol. The maximum absolute atomic E-state index is 9.40. The van der Waals surface area contributed by atoms with Gasteiger partial charge in [-0.1, -0.05) is 30.3 Å². The smallest absolute Gasteiger partial charge is 0.0930 e. The molecule has 0 unspecified atom stereocenters. The van der Waals surface area contributed by atoms with E-state index >= 15 is 0 Å². The van der Waals surface area contributed by atoms with Gasteiger partial charge in [0.05, 0.1) is 18.3 Å². The van der Waals surface area contributed by atoms with Gasteiger partial charge in [0.2, 0.25) is 0 Å². The van der Waals surface area contributed by atoms with Crippen molar-refractivity contribution < 1.29 is 9.84 Å². The third-order valence-electron chi connectivity index (χ3n) is 2.60. The van der Waals surface area contributed by atoms with Crippen LogP contribution in [0.15, 0.2) is 30.3 Å². The summed E-state index contributed by atoms with van der Waals surface area (Å²) in [5, 5.41) is 9.40. The molecule has 70 valence electrons. The summed E-state index contributed by atoms with van der Waals surface area (Å²) in [5.74, 6) is 0. The molecule has 0 saturated carbocycles. The summed E-state index contributed by atoms with van der Waals surface area (Å²) in [6.07, 6.45) is 0.377. The van der Waals surface area contributed by atoms with E-state index in [-0.39, 0.29) is 11.7 Å². The lowest BCUT2D eigenvalue weighted by Crippen LogP contribution is -2.20. The Balaban J connectivity index is 2.26. The molecule has 0 spiro atoms. The largest absolute Gasteiger partial charge is 0.391 e. The first-order valence-electron chi connectivity index (χ1n) is 4.58. The van der Waals surface area contributed by atoms with Crippen LogP contribution in [0.25, 0.3) is 0 Å². The van der Waals surface area contributed by atoms with Gasteiger partial charge in [0.25, 0.3) is 0 Å². The number of ether oxygens (including phenoxy) is 1. The number of rotatable bonds is 1. The fourth-order valence-electron chi connectivity index (χ4n) is 1.84. The Kier molecular flexibility index (Phi) is 2.10. The fraction of sp³-hybridized carbons (Fsp3) is 0.455. The Labute approximate surface area is 78.2 Å². The van der Waals surface area contributed by atoms with Gasteiger partial charge >= 0.3 is 0 Å². The van der Waals surface area contributed by atoms with E-state index in [2.05, 4.69) is 0 Å². The van der Waals surface area contributed by atoms with Gasteiger partial charge in [-0.25, -0.2) is 0 Å². The molecule has 0 aliphatic carbocycles. The molecule has 0 amide bonds. The molecule has 1 heterocycles. The topological polar surface area (TPSA) is 29.5 Å². The Morgan fingerprint density at radius 3 is 2.62 bits per heavy atom.